The van der Waals surface area contributed by atoms with Crippen molar-refractivity contribution in [2.24, 2.45) is 0 Å². The molecule has 0 bridgehead atoms. The van der Waals surface area contributed by atoms with Crippen LogP contribution in [-0.2, 0) is 11.3 Å². The number of carbonyl (C=O) groups is 1. The van der Waals surface area contributed by atoms with Gasteiger partial charge in [-0.3, -0.25) is 4.79 Å². The fraction of sp³-hybridized carbons (Fsp3) is 0.212. The summed E-state index contributed by atoms with van der Waals surface area (Å²) in [6.45, 7) is 5.80. The number of thiazole rings is 1. The van der Waals surface area contributed by atoms with Gasteiger partial charge in [0.2, 0.25) is 5.91 Å². The summed E-state index contributed by atoms with van der Waals surface area (Å²) in [5.41, 5.74) is 9.12. The van der Waals surface area contributed by atoms with Gasteiger partial charge in [0, 0.05) is 54.8 Å². The minimum Gasteiger partial charge on any atom is -0.375 e. The summed E-state index contributed by atoms with van der Waals surface area (Å²) in [4.78, 5) is 27.0. The predicted molar refractivity (Wildman–Crippen MR) is 176 cm³/mol. The van der Waals surface area contributed by atoms with Crippen LogP contribution in [-0.4, -0.2) is 65.9 Å². The zero-order valence-corrected chi connectivity index (χ0v) is 26.1. The third-order valence-electron chi connectivity index (χ3n) is 7.82. The molecule has 0 saturated carbocycles. The Labute approximate surface area is 267 Å². The Hall–Kier alpha value is -4.63. The molecule has 0 atom stereocenters. The van der Waals surface area contributed by atoms with Crippen molar-refractivity contribution in [3.8, 4) is 28.5 Å². The third kappa shape index (κ3) is 5.46. The highest BCUT2D eigenvalue weighted by atomic mass is 35.5. The van der Waals surface area contributed by atoms with Crippen LogP contribution in [0.15, 0.2) is 55.1 Å². The highest BCUT2D eigenvalue weighted by Gasteiger charge is 2.29. The fourth-order valence-electron chi connectivity index (χ4n) is 5.86. The van der Waals surface area contributed by atoms with Gasteiger partial charge in [0.05, 0.1) is 26.6 Å². The van der Waals surface area contributed by atoms with Gasteiger partial charge in [0.1, 0.15) is 23.0 Å². The Kier molecular flexibility index (Phi) is 8.14. The van der Waals surface area contributed by atoms with E-state index in [1.54, 1.807) is 11.0 Å². The Morgan fingerprint density at radius 3 is 2.60 bits per heavy atom. The average Bonchev–Trinajstić information content (AvgIpc) is 3.43. The van der Waals surface area contributed by atoms with Crippen LogP contribution in [0.3, 0.4) is 0 Å². The molecule has 5 aromatic rings. The maximum atomic E-state index is 16.9. The molecule has 0 unspecified atom stereocenters. The average molecular weight is 644 g/mol. The Balaban J connectivity index is 1.63. The van der Waals surface area contributed by atoms with Gasteiger partial charge in [-0.15, -0.1) is 0 Å². The summed E-state index contributed by atoms with van der Waals surface area (Å²) < 4.78 is 31.8. The Morgan fingerprint density at radius 2 is 1.91 bits per heavy atom. The zero-order valence-electron chi connectivity index (χ0n) is 24.6. The van der Waals surface area contributed by atoms with Gasteiger partial charge in [0.25, 0.3) is 0 Å². The lowest BCUT2D eigenvalue weighted by Gasteiger charge is -2.37. The Bertz CT molecular complexity index is 2050. The van der Waals surface area contributed by atoms with E-state index >= 15 is 4.39 Å². The first-order valence-corrected chi connectivity index (χ1v) is 15.3. The molecule has 228 valence electrons. The number of carbonyl (C=O) groups excluding carboxylic acids is 1. The van der Waals surface area contributed by atoms with Gasteiger partial charge in [-0.1, -0.05) is 47.7 Å². The molecular formula is C33H28ClF2N7OS. The minimum absolute atomic E-state index is 0.00156. The van der Waals surface area contributed by atoms with Crippen molar-refractivity contribution < 1.29 is 13.6 Å². The molecule has 1 amide bonds. The molecular weight excluding hydrogens is 616 g/mol. The molecule has 3 heterocycles. The standard InChI is InChI=1S/C33H28ClF2N7OS/c1-4-25(44)42-10-12-43(13-11-42)31-21-15-23(34)26(20-8-9-24(35)32-30(20)40-33(38)45-32)27(36)29(21)39-28(22(31)16-37)19-7-5-6-18(14-19)17-41(2)3/h4-9,14-15H,1,10-13,17H2,2-3H3,(H2,38,40). The van der Waals surface area contributed by atoms with E-state index in [0.717, 1.165) is 16.9 Å². The molecule has 6 rings (SSSR count). The number of aromatic nitrogens is 2. The Morgan fingerprint density at radius 1 is 1.16 bits per heavy atom. The maximum Gasteiger partial charge on any atom is 0.246 e. The molecule has 45 heavy (non-hydrogen) atoms. The maximum absolute atomic E-state index is 16.9. The first-order valence-electron chi connectivity index (χ1n) is 14.1. The molecule has 0 spiro atoms. The second kappa shape index (κ2) is 12.0. The van der Waals surface area contributed by atoms with E-state index in [4.69, 9.17) is 22.3 Å². The first-order chi connectivity index (χ1) is 21.6. The van der Waals surface area contributed by atoms with Crippen LogP contribution >= 0.6 is 22.9 Å². The van der Waals surface area contributed by atoms with E-state index in [2.05, 4.69) is 17.6 Å². The van der Waals surface area contributed by atoms with Gasteiger partial charge in [0.15, 0.2) is 10.9 Å². The number of anilines is 2. The lowest BCUT2D eigenvalue weighted by molar-refractivity contribution is -0.126. The normalized spacial score (nSPS) is 13.5. The largest absolute Gasteiger partial charge is 0.375 e. The van der Waals surface area contributed by atoms with E-state index < -0.39 is 11.6 Å². The fourth-order valence-corrected chi connectivity index (χ4v) is 6.92. The van der Waals surface area contributed by atoms with Crippen molar-refractivity contribution in [1.29, 1.82) is 5.26 Å². The van der Waals surface area contributed by atoms with Crippen molar-refractivity contribution >= 4 is 60.8 Å². The number of piperazine rings is 1. The van der Waals surface area contributed by atoms with Crippen LogP contribution in [0.25, 0.3) is 43.5 Å². The van der Waals surface area contributed by atoms with Gasteiger partial charge in [-0.05, 0) is 50.0 Å². The van der Waals surface area contributed by atoms with E-state index in [1.807, 2.05) is 48.2 Å². The molecule has 1 saturated heterocycles. The van der Waals surface area contributed by atoms with Crippen molar-refractivity contribution in [3.63, 3.8) is 0 Å². The molecule has 3 aromatic carbocycles. The number of nitrogens with two attached hydrogens (primary N) is 1. The second-order valence-corrected chi connectivity index (χ2v) is 12.5. The number of hydrogen-bond acceptors (Lipinski definition) is 8. The number of pyridine rings is 1. The molecule has 2 aromatic heterocycles. The van der Waals surface area contributed by atoms with E-state index in [-0.39, 0.29) is 48.5 Å². The smallest absolute Gasteiger partial charge is 0.246 e. The van der Waals surface area contributed by atoms with Crippen LogP contribution in [0.1, 0.15) is 11.1 Å². The summed E-state index contributed by atoms with van der Waals surface area (Å²) in [7, 11) is 3.92. The van der Waals surface area contributed by atoms with Crippen molar-refractivity contribution in [2.45, 2.75) is 6.54 Å². The number of hydrogen-bond donors (Lipinski definition) is 1. The SMILES string of the molecule is C=CC(=O)N1CCN(c2c(C#N)c(-c3cccc(CN(C)C)c3)nc3c(F)c(-c4ccc(F)c5sc(N)nc45)c(Cl)cc23)CC1. The first kappa shape index (κ1) is 30.4. The summed E-state index contributed by atoms with van der Waals surface area (Å²) in [6, 6.07) is 14.2. The lowest BCUT2D eigenvalue weighted by Crippen LogP contribution is -2.48. The summed E-state index contributed by atoms with van der Waals surface area (Å²) in [5, 5.41) is 11.1. The lowest BCUT2D eigenvalue weighted by atomic mass is 9.96. The van der Waals surface area contributed by atoms with Crippen LogP contribution in [0.5, 0.6) is 0 Å². The number of halogens is 3. The van der Waals surface area contributed by atoms with Crippen molar-refractivity contribution in [3.05, 3.63) is 82.9 Å². The van der Waals surface area contributed by atoms with E-state index in [1.165, 1.54) is 18.2 Å². The highest BCUT2D eigenvalue weighted by molar-refractivity contribution is 7.22. The zero-order chi connectivity index (χ0) is 32.0. The number of rotatable bonds is 6. The monoisotopic (exact) mass is 643 g/mol. The van der Waals surface area contributed by atoms with Crippen LogP contribution in [0.4, 0.5) is 19.6 Å². The molecule has 1 fully saturated rings. The molecule has 12 heteroatoms. The number of nitriles is 1. The van der Waals surface area contributed by atoms with Gasteiger partial charge in [-0.25, -0.2) is 18.7 Å². The quantitative estimate of drug-likeness (QED) is 0.212. The van der Waals surface area contributed by atoms with Crippen molar-refractivity contribution in [2.75, 3.05) is 50.9 Å². The topological polar surface area (TPSA) is 102 Å². The molecule has 8 nitrogen and oxygen atoms in total. The van der Waals surface area contributed by atoms with Gasteiger partial charge < -0.3 is 20.4 Å². The third-order valence-corrected chi connectivity index (χ3v) is 9.01. The number of nitrogens with zero attached hydrogens (tertiary/aromatic N) is 6. The van der Waals surface area contributed by atoms with E-state index in [0.29, 0.717) is 55.1 Å². The molecule has 2 N–H and O–H groups in total. The predicted octanol–water partition coefficient (Wildman–Crippen LogP) is 6.46. The van der Waals surface area contributed by atoms with Crippen LogP contribution in [0, 0.1) is 23.0 Å². The molecule has 1 aliphatic rings. The van der Waals surface area contributed by atoms with Crippen LogP contribution in [0.2, 0.25) is 5.02 Å². The molecule has 1 aliphatic heterocycles. The summed E-state index contributed by atoms with van der Waals surface area (Å²) in [6.07, 6.45) is 1.27. The van der Waals surface area contributed by atoms with Gasteiger partial charge in [-0.2, -0.15) is 5.26 Å². The van der Waals surface area contributed by atoms with E-state index in [9.17, 15) is 14.4 Å². The summed E-state index contributed by atoms with van der Waals surface area (Å²) >= 11 is 7.79. The molecule has 0 aliphatic carbocycles. The van der Waals surface area contributed by atoms with Gasteiger partial charge >= 0.3 is 0 Å². The molecule has 0 radical (unpaired) electrons. The number of nitrogen functional groups attached to an aromatic ring is 1. The summed E-state index contributed by atoms with van der Waals surface area (Å²) in [5.74, 6) is -1.43. The highest BCUT2D eigenvalue weighted by Crippen LogP contribution is 2.45. The number of amides is 1. The van der Waals surface area contributed by atoms with Crippen LogP contribution < -0.4 is 10.6 Å². The van der Waals surface area contributed by atoms with Crippen molar-refractivity contribution in [1.82, 2.24) is 19.8 Å². The number of fused-ring (bicyclic) bond motifs is 2. The number of benzene rings is 3. The minimum atomic E-state index is -0.728. The second-order valence-electron chi connectivity index (χ2n) is 11.0.